The highest BCUT2D eigenvalue weighted by Crippen LogP contribution is 2.23. The van der Waals surface area contributed by atoms with Crippen molar-refractivity contribution in [3.05, 3.63) is 34.3 Å². The maximum absolute atomic E-state index is 8.61. The zero-order valence-corrected chi connectivity index (χ0v) is 7.75. The van der Waals surface area contributed by atoms with Crippen molar-refractivity contribution in [2.75, 3.05) is 0 Å². The van der Waals surface area contributed by atoms with Gasteiger partial charge in [0.1, 0.15) is 0 Å². The first kappa shape index (κ1) is 8.77. The Labute approximate surface area is 79.2 Å². The molecule has 0 heterocycles. The molecule has 0 fully saturated rings. The molecule has 3 heteroatoms. The summed E-state index contributed by atoms with van der Waals surface area (Å²) in [7, 11) is 0. The minimum atomic E-state index is -0.680. The van der Waals surface area contributed by atoms with Gasteiger partial charge in [-0.25, -0.2) is 0 Å². The minimum Gasteiger partial charge on any atom is -0.196 e. The Bertz CT molecular complexity index is 346. The zero-order chi connectivity index (χ0) is 8.97. The number of hydrogen-bond acceptors (Lipinski definition) is 2. The second kappa shape index (κ2) is 3.90. The van der Waals surface area contributed by atoms with Crippen LogP contribution in [0, 0.1) is 22.7 Å². The summed E-state index contributed by atoms with van der Waals surface area (Å²) >= 11 is 3.28. The van der Waals surface area contributed by atoms with Gasteiger partial charge < -0.3 is 0 Å². The molecule has 1 rings (SSSR count). The van der Waals surface area contributed by atoms with Gasteiger partial charge in [-0.1, -0.05) is 34.1 Å². The van der Waals surface area contributed by atoms with Gasteiger partial charge in [0.05, 0.1) is 12.1 Å². The fourth-order valence-electron chi connectivity index (χ4n) is 0.877. The van der Waals surface area contributed by atoms with Crippen LogP contribution in [0.25, 0.3) is 0 Å². The third-order valence-electron chi connectivity index (χ3n) is 1.47. The van der Waals surface area contributed by atoms with E-state index in [-0.39, 0.29) is 0 Å². The molecule has 0 N–H and O–H groups in total. The van der Waals surface area contributed by atoms with Gasteiger partial charge >= 0.3 is 0 Å². The van der Waals surface area contributed by atoms with Crippen LogP contribution in [0.15, 0.2) is 28.7 Å². The van der Waals surface area contributed by atoms with Crippen LogP contribution in [0.1, 0.15) is 11.5 Å². The second-order valence-electron chi connectivity index (χ2n) is 2.21. The predicted molar refractivity (Wildman–Crippen MR) is 48.1 cm³/mol. The van der Waals surface area contributed by atoms with Gasteiger partial charge in [0.25, 0.3) is 0 Å². The zero-order valence-electron chi connectivity index (χ0n) is 6.16. The lowest BCUT2D eigenvalue weighted by Gasteiger charge is -2.01. The summed E-state index contributed by atoms with van der Waals surface area (Å²) < 4.78 is 0.804. The summed E-state index contributed by atoms with van der Waals surface area (Å²) in [5, 5.41) is 17.2. The molecule has 1 aromatic carbocycles. The maximum atomic E-state index is 8.61. The molecule has 58 valence electrons. The topological polar surface area (TPSA) is 47.6 Å². The first-order chi connectivity index (χ1) is 5.79. The SMILES string of the molecule is N#CC(C#N)c1ccccc1Br. The van der Waals surface area contributed by atoms with Crippen molar-refractivity contribution in [1.29, 1.82) is 10.5 Å². The first-order valence-corrected chi connectivity index (χ1v) is 4.12. The quantitative estimate of drug-likeness (QED) is 0.731. The van der Waals surface area contributed by atoms with Crippen LogP contribution in [-0.4, -0.2) is 0 Å². The molecule has 0 radical (unpaired) electrons. The van der Waals surface area contributed by atoms with E-state index in [1.54, 1.807) is 6.07 Å². The Balaban J connectivity index is 3.13. The predicted octanol–water partition coefficient (Wildman–Crippen LogP) is 2.58. The third kappa shape index (κ3) is 1.64. The molecule has 12 heavy (non-hydrogen) atoms. The van der Waals surface area contributed by atoms with E-state index in [1.165, 1.54) is 0 Å². The molecular formula is C9H5BrN2. The van der Waals surface area contributed by atoms with Gasteiger partial charge in [0.2, 0.25) is 0 Å². The average Bonchev–Trinajstić information content (AvgIpc) is 2.10. The standard InChI is InChI=1S/C9H5BrN2/c10-9-4-2-1-3-8(9)7(5-11)6-12/h1-4,7H. The number of benzene rings is 1. The van der Waals surface area contributed by atoms with Crippen LogP contribution in [0.3, 0.4) is 0 Å². The summed E-state index contributed by atoms with van der Waals surface area (Å²) in [6.45, 7) is 0. The Hall–Kier alpha value is -1.32. The Kier molecular flexibility index (Phi) is 2.85. The fourth-order valence-corrected chi connectivity index (χ4v) is 1.39. The van der Waals surface area contributed by atoms with Crippen LogP contribution < -0.4 is 0 Å². The van der Waals surface area contributed by atoms with Crippen molar-refractivity contribution in [1.82, 2.24) is 0 Å². The Morgan fingerprint density at radius 3 is 2.25 bits per heavy atom. The number of nitriles is 2. The lowest BCUT2D eigenvalue weighted by Crippen LogP contribution is -1.92. The summed E-state index contributed by atoms with van der Waals surface area (Å²) in [6.07, 6.45) is 0. The van der Waals surface area contributed by atoms with E-state index in [1.807, 2.05) is 30.3 Å². The lowest BCUT2D eigenvalue weighted by atomic mass is 10.0. The van der Waals surface area contributed by atoms with Gasteiger partial charge in [-0.15, -0.1) is 0 Å². The van der Waals surface area contributed by atoms with Crippen LogP contribution in [0.2, 0.25) is 0 Å². The van der Waals surface area contributed by atoms with E-state index in [0.717, 1.165) is 10.0 Å². The third-order valence-corrected chi connectivity index (χ3v) is 2.20. The minimum absolute atomic E-state index is 0.680. The molecule has 0 bridgehead atoms. The average molecular weight is 221 g/mol. The van der Waals surface area contributed by atoms with E-state index >= 15 is 0 Å². The molecule has 0 spiro atoms. The molecule has 1 aromatic rings. The molecule has 0 amide bonds. The molecule has 0 aliphatic heterocycles. The monoisotopic (exact) mass is 220 g/mol. The largest absolute Gasteiger partial charge is 0.196 e. The molecule has 0 aromatic heterocycles. The number of hydrogen-bond donors (Lipinski definition) is 0. The number of nitrogens with zero attached hydrogens (tertiary/aromatic N) is 2. The van der Waals surface area contributed by atoms with E-state index in [0.29, 0.717) is 0 Å². The molecular weight excluding hydrogens is 216 g/mol. The smallest absolute Gasteiger partial charge is 0.159 e. The van der Waals surface area contributed by atoms with E-state index in [9.17, 15) is 0 Å². The lowest BCUT2D eigenvalue weighted by molar-refractivity contribution is 1.09. The fraction of sp³-hybridized carbons (Fsp3) is 0.111. The maximum Gasteiger partial charge on any atom is 0.159 e. The van der Waals surface area contributed by atoms with Crippen molar-refractivity contribution in [3.8, 4) is 12.1 Å². The molecule has 0 atom stereocenters. The van der Waals surface area contributed by atoms with Crippen molar-refractivity contribution < 1.29 is 0 Å². The second-order valence-corrected chi connectivity index (χ2v) is 3.07. The van der Waals surface area contributed by atoms with E-state index in [4.69, 9.17) is 10.5 Å². The van der Waals surface area contributed by atoms with Gasteiger partial charge in [0, 0.05) is 4.47 Å². The highest BCUT2D eigenvalue weighted by atomic mass is 79.9. The first-order valence-electron chi connectivity index (χ1n) is 3.33. The van der Waals surface area contributed by atoms with Gasteiger partial charge in [-0.05, 0) is 11.6 Å². The van der Waals surface area contributed by atoms with Crippen molar-refractivity contribution in [2.24, 2.45) is 0 Å². The molecule has 2 nitrogen and oxygen atoms in total. The van der Waals surface area contributed by atoms with Crippen LogP contribution in [0.5, 0.6) is 0 Å². The molecule has 0 aliphatic rings. The summed E-state index contributed by atoms with van der Waals surface area (Å²) in [5.41, 5.74) is 0.725. The van der Waals surface area contributed by atoms with Crippen molar-refractivity contribution in [3.63, 3.8) is 0 Å². The summed E-state index contributed by atoms with van der Waals surface area (Å²) in [6, 6.07) is 11.1. The van der Waals surface area contributed by atoms with Crippen LogP contribution >= 0.6 is 15.9 Å². The van der Waals surface area contributed by atoms with Crippen LogP contribution in [-0.2, 0) is 0 Å². The van der Waals surface area contributed by atoms with Gasteiger partial charge in [-0.2, -0.15) is 10.5 Å². The highest BCUT2D eigenvalue weighted by molar-refractivity contribution is 9.10. The number of rotatable bonds is 1. The normalized spacial score (nSPS) is 9.00. The summed E-state index contributed by atoms with van der Waals surface area (Å²) in [4.78, 5) is 0. The highest BCUT2D eigenvalue weighted by Gasteiger charge is 2.10. The molecule has 0 aliphatic carbocycles. The number of halogens is 1. The van der Waals surface area contributed by atoms with Crippen molar-refractivity contribution in [2.45, 2.75) is 5.92 Å². The van der Waals surface area contributed by atoms with Gasteiger partial charge in [-0.3, -0.25) is 0 Å². The molecule has 0 saturated heterocycles. The van der Waals surface area contributed by atoms with Crippen LogP contribution in [0.4, 0.5) is 0 Å². The molecule has 0 unspecified atom stereocenters. The van der Waals surface area contributed by atoms with Crippen molar-refractivity contribution >= 4 is 15.9 Å². The van der Waals surface area contributed by atoms with E-state index in [2.05, 4.69) is 15.9 Å². The molecule has 0 saturated carbocycles. The van der Waals surface area contributed by atoms with E-state index < -0.39 is 5.92 Å². The Morgan fingerprint density at radius 1 is 1.17 bits per heavy atom. The van der Waals surface area contributed by atoms with Gasteiger partial charge in [0.15, 0.2) is 5.92 Å². The summed E-state index contributed by atoms with van der Waals surface area (Å²) in [5.74, 6) is -0.680. The Morgan fingerprint density at radius 2 is 1.75 bits per heavy atom.